The molecule has 3 aliphatic rings. The van der Waals surface area contributed by atoms with Crippen LogP contribution in [0.4, 0.5) is 0 Å². The second-order valence-electron chi connectivity index (χ2n) is 8.69. The van der Waals surface area contributed by atoms with Crippen LogP contribution in [0.3, 0.4) is 0 Å². The fourth-order valence-corrected chi connectivity index (χ4v) is 4.60. The van der Waals surface area contributed by atoms with Crippen molar-refractivity contribution in [2.45, 2.75) is 89.4 Å². The number of epoxide rings is 1. The van der Waals surface area contributed by atoms with Crippen LogP contribution in [-0.4, -0.2) is 46.9 Å². The highest BCUT2D eigenvalue weighted by atomic mass is 35.5. The molecule has 1 aliphatic carbocycles. The molecule has 6 nitrogen and oxygen atoms in total. The van der Waals surface area contributed by atoms with E-state index in [1.807, 2.05) is 6.92 Å². The lowest BCUT2D eigenvalue weighted by molar-refractivity contribution is -0.137. The maximum atomic E-state index is 12.3. The molecule has 1 amide bonds. The quantitative estimate of drug-likeness (QED) is 0.249. The number of aliphatic hydroxyl groups excluding tert-OH is 1. The van der Waals surface area contributed by atoms with Crippen molar-refractivity contribution in [2.75, 3.05) is 0 Å². The number of hydrogen-bond acceptors (Lipinski definition) is 5. The monoisotopic (exact) mass is 437 g/mol. The van der Waals surface area contributed by atoms with Gasteiger partial charge >= 0.3 is 0 Å². The van der Waals surface area contributed by atoms with E-state index in [2.05, 4.69) is 25.2 Å². The Kier molecular flexibility index (Phi) is 7.56. The molecule has 3 rings (SSSR count). The molecule has 7 heteroatoms. The molecular weight excluding hydrogens is 406 g/mol. The minimum Gasteiger partial charge on any atom is -0.366 e. The number of carbonyl (C=O) groups is 2. The third-order valence-corrected chi connectivity index (χ3v) is 6.24. The first-order chi connectivity index (χ1) is 14.3. The SMILES string of the molecule is CCCCCCC(C)/C=C(C)/C=C/C(=O)NC1C[C@@]2(C=C(Cl)C(=O)[C@H]3O[C@H]32)O[C@H]1O. The molecule has 30 heavy (non-hydrogen) atoms. The van der Waals surface area contributed by atoms with E-state index in [-0.39, 0.29) is 16.7 Å². The van der Waals surface area contributed by atoms with E-state index >= 15 is 0 Å². The van der Waals surface area contributed by atoms with Crippen LogP contribution < -0.4 is 5.32 Å². The van der Waals surface area contributed by atoms with E-state index in [0.29, 0.717) is 12.3 Å². The van der Waals surface area contributed by atoms with Crippen LogP contribution in [0.1, 0.15) is 59.3 Å². The maximum Gasteiger partial charge on any atom is 0.244 e. The summed E-state index contributed by atoms with van der Waals surface area (Å²) < 4.78 is 11.1. The highest BCUT2D eigenvalue weighted by Crippen LogP contribution is 2.49. The standard InChI is InChI=1S/C23H32ClNO5/c1-4-5-6-7-8-14(2)11-15(3)9-10-18(26)25-17-13-23(30-22(17)28)12-16(24)19(27)20-21(23)29-20/h9-12,14,17,20-22,28H,4-8,13H2,1-3H3,(H,25,26)/b10-9+,15-11+/t14?,17?,20-,21-,22-,23-/m1/s1. The van der Waals surface area contributed by atoms with Gasteiger partial charge in [-0.2, -0.15) is 0 Å². The summed E-state index contributed by atoms with van der Waals surface area (Å²) in [7, 11) is 0. The number of halogens is 1. The fraction of sp³-hybridized carbons (Fsp3) is 0.652. The maximum absolute atomic E-state index is 12.3. The van der Waals surface area contributed by atoms with Crippen molar-refractivity contribution >= 4 is 23.3 Å². The van der Waals surface area contributed by atoms with E-state index in [4.69, 9.17) is 21.1 Å². The Labute approximate surface area is 183 Å². The van der Waals surface area contributed by atoms with Crippen molar-refractivity contribution in [3.05, 3.63) is 34.9 Å². The molecule has 2 saturated heterocycles. The molecule has 2 N–H and O–H groups in total. The van der Waals surface area contributed by atoms with Gasteiger partial charge in [0.15, 0.2) is 12.4 Å². The zero-order valence-corrected chi connectivity index (χ0v) is 18.7. The minimum absolute atomic E-state index is 0.0531. The lowest BCUT2D eigenvalue weighted by Crippen LogP contribution is -2.41. The van der Waals surface area contributed by atoms with Crippen LogP contribution in [0, 0.1) is 5.92 Å². The molecule has 0 radical (unpaired) electrons. The average Bonchev–Trinajstić information content (AvgIpc) is 3.44. The molecule has 2 aliphatic heterocycles. The number of hydrogen-bond donors (Lipinski definition) is 2. The topological polar surface area (TPSA) is 88.2 Å². The summed E-state index contributed by atoms with van der Waals surface area (Å²) in [6.45, 7) is 6.37. The van der Waals surface area contributed by atoms with E-state index in [0.717, 1.165) is 12.0 Å². The Morgan fingerprint density at radius 3 is 2.90 bits per heavy atom. The summed E-state index contributed by atoms with van der Waals surface area (Å²) in [5.74, 6) is -0.0996. The van der Waals surface area contributed by atoms with Crippen LogP contribution in [0.5, 0.6) is 0 Å². The predicted octanol–water partition coefficient (Wildman–Crippen LogP) is 3.53. The van der Waals surface area contributed by atoms with Gasteiger partial charge in [-0.1, -0.05) is 68.9 Å². The first-order valence-electron chi connectivity index (χ1n) is 10.9. The molecule has 0 aromatic heterocycles. The zero-order chi connectivity index (χ0) is 21.9. The van der Waals surface area contributed by atoms with Crippen LogP contribution in [0.15, 0.2) is 34.9 Å². The van der Waals surface area contributed by atoms with Crippen LogP contribution >= 0.6 is 11.6 Å². The number of aliphatic hydroxyl groups is 1. The summed E-state index contributed by atoms with van der Waals surface area (Å²) in [6, 6.07) is -0.609. The molecule has 0 bridgehead atoms. The third-order valence-electron chi connectivity index (χ3n) is 5.95. The molecule has 6 atom stereocenters. The molecule has 2 unspecified atom stereocenters. The molecule has 1 spiro atoms. The zero-order valence-electron chi connectivity index (χ0n) is 17.9. The number of carbonyl (C=O) groups excluding carboxylic acids is 2. The first kappa shape index (κ1) is 23.2. The summed E-state index contributed by atoms with van der Waals surface area (Å²) in [5.41, 5.74) is 0.0577. The minimum atomic E-state index is -1.19. The molecule has 0 aromatic carbocycles. The van der Waals surface area contributed by atoms with Gasteiger partial charge in [-0.25, -0.2) is 0 Å². The summed E-state index contributed by atoms with van der Waals surface area (Å²) >= 11 is 6.00. The Bertz CT molecular complexity index is 761. The number of ketones is 1. The average molecular weight is 438 g/mol. The van der Waals surface area contributed by atoms with Gasteiger partial charge in [-0.15, -0.1) is 0 Å². The van der Waals surface area contributed by atoms with E-state index < -0.39 is 30.1 Å². The van der Waals surface area contributed by atoms with Gasteiger partial charge in [0.25, 0.3) is 0 Å². The fourth-order valence-electron chi connectivity index (χ4n) is 4.30. The van der Waals surface area contributed by atoms with Crippen LogP contribution in [0.25, 0.3) is 0 Å². The summed E-state index contributed by atoms with van der Waals surface area (Å²) in [6.07, 6.45) is 11.1. The lowest BCUT2D eigenvalue weighted by Gasteiger charge is -2.25. The first-order valence-corrected chi connectivity index (χ1v) is 11.2. The van der Waals surface area contributed by atoms with Crippen molar-refractivity contribution in [3.8, 4) is 0 Å². The Hall–Kier alpha value is -1.47. The Morgan fingerprint density at radius 1 is 1.40 bits per heavy atom. The normalized spacial score (nSPS) is 34.2. The second-order valence-corrected chi connectivity index (χ2v) is 9.09. The van der Waals surface area contributed by atoms with Crippen molar-refractivity contribution < 1.29 is 24.2 Å². The smallest absolute Gasteiger partial charge is 0.244 e. The number of allylic oxidation sites excluding steroid dienone is 3. The van der Waals surface area contributed by atoms with Crippen LogP contribution in [0.2, 0.25) is 0 Å². The molecule has 2 heterocycles. The highest BCUT2D eigenvalue weighted by Gasteiger charge is 2.65. The van der Waals surface area contributed by atoms with Gasteiger partial charge in [0, 0.05) is 12.5 Å². The second kappa shape index (κ2) is 9.77. The van der Waals surface area contributed by atoms with Gasteiger partial charge in [0.05, 0.1) is 11.1 Å². The van der Waals surface area contributed by atoms with E-state index in [9.17, 15) is 14.7 Å². The summed E-state index contributed by atoms with van der Waals surface area (Å²) in [4.78, 5) is 24.2. The van der Waals surface area contributed by atoms with E-state index in [1.54, 1.807) is 6.08 Å². The number of nitrogens with one attached hydrogen (secondary N) is 1. The molecule has 2 fully saturated rings. The van der Waals surface area contributed by atoms with Gasteiger partial charge in [0.1, 0.15) is 11.7 Å². The molecule has 0 aromatic rings. The lowest BCUT2D eigenvalue weighted by atomic mass is 9.86. The van der Waals surface area contributed by atoms with Crippen molar-refractivity contribution in [2.24, 2.45) is 5.92 Å². The Morgan fingerprint density at radius 2 is 2.17 bits per heavy atom. The molecule has 166 valence electrons. The number of Topliss-reactive ketones (excluding diaryl/α,β-unsaturated/α-hetero) is 1. The largest absolute Gasteiger partial charge is 0.366 e. The van der Waals surface area contributed by atoms with Gasteiger partial charge in [-0.05, 0) is 25.3 Å². The van der Waals surface area contributed by atoms with Crippen molar-refractivity contribution in [3.63, 3.8) is 0 Å². The number of amides is 1. The molecular formula is C23H32ClNO5. The highest BCUT2D eigenvalue weighted by molar-refractivity contribution is 6.43. The van der Waals surface area contributed by atoms with Gasteiger partial charge < -0.3 is 19.9 Å². The number of ether oxygens (including phenoxy) is 2. The predicted molar refractivity (Wildman–Crippen MR) is 115 cm³/mol. The Balaban J connectivity index is 1.50. The van der Waals surface area contributed by atoms with Crippen molar-refractivity contribution in [1.82, 2.24) is 5.32 Å². The van der Waals surface area contributed by atoms with Crippen molar-refractivity contribution in [1.29, 1.82) is 0 Å². The number of unbranched alkanes of at least 4 members (excludes halogenated alkanes) is 3. The number of fused-ring (bicyclic) bond motifs is 2. The van der Waals surface area contributed by atoms with Gasteiger partial charge in [0.2, 0.25) is 11.7 Å². The van der Waals surface area contributed by atoms with Crippen LogP contribution in [-0.2, 0) is 19.1 Å². The summed E-state index contributed by atoms with van der Waals surface area (Å²) in [5, 5.41) is 13.1. The molecule has 0 saturated carbocycles. The third kappa shape index (κ3) is 5.41. The van der Waals surface area contributed by atoms with E-state index in [1.165, 1.54) is 37.8 Å². The van der Waals surface area contributed by atoms with Gasteiger partial charge in [-0.3, -0.25) is 9.59 Å². The number of rotatable bonds is 9.